The largest absolute Gasteiger partial charge is 0.485 e. The van der Waals surface area contributed by atoms with Gasteiger partial charge in [-0.05, 0) is 31.2 Å². The standard InChI is InChI=1S/C19H19Cl2N3O4/c1-11-17(19(27)23-12(8-25)9-26)24-7-3-6-16(18(24)22-11)28-10-13-14(20)4-2-5-15(13)21/h2-7,12,25-26H,8-10H2,1H3,(H,23,27). The Labute approximate surface area is 171 Å². The fourth-order valence-corrected chi connectivity index (χ4v) is 3.27. The fraction of sp³-hybridized carbons (Fsp3) is 0.263. The van der Waals surface area contributed by atoms with E-state index in [2.05, 4.69) is 10.3 Å². The van der Waals surface area contributed by atoms with Crippen LogP contribution in [0.1, 0.15) is 21.7 Å². The summed E-state index contributed by atoms with van der Waals surface area (Å²) < 4.78 is 7.47. The molecule has 148 valence electrons. The van der Waals surface area contributed by atoms with Gasteiger partial charge in [-0.25, -0.2) is 4.98 Å². The maximum absolute atomic E-state index is 12.6. The fourth-order valence-electron chi connectivity index (χ4n) is 2.77. The lowest BCUT2D eigenvalue weighted by atomic mass is 10.2. The smallest absolute Gasteiger partial charge is 0.270 e. The van der Waals surface area contributed by atoms with Crippen molar-refractivity contribution in [3.8, 4) is 5.75 Å². The van der Waals surface area contributed by atoms with Crippen LogP contribution in [0.3, 0.4) is 0 Å². The molecule has 0 radical (unpaired) electrons. The minimum Gasteiger partial charge on any atom is -0.485 e. The van der Waals surface area contributed by atoms with Gasteiger partial charge in [0.1, 0.15) is 12.3 Å². The predicted octanol–water partition coefficient (Wildman–Crippen LogP) is 2.61. The number of aromatic nitrogens is 2. The van der Waals surface area contributed by atoms with Crippen LogP contribution in [-0.4, -0.2) is 44.8 Å². The Balaban J connectivity index is 1.91. The van der Waals surface area contributed by atoms with Gasteiger partial charge >= 0.3 is 0 Å². The summed E-state index contributed by atoms with van der Waals surface area (Å²) in [7, 11) is 0. The molecule has 3 rings (SSSR count). The Morgan fingerprint density at radius 2 is 1.89 bits per heavy atom. The molecular weight excluding hydrogens is 405 g/mol. The molecule has 0 aliphatic rings. The van der Waals surface area contributed by atoms with Crippen LogP contribution in [0.5, 0.6) is 5.75 Å². The number of amides is 1. The normalized spacial score (nSPS) is 11.2. The van der Waals surface area contributed by atoms with Gasteiger partial charge < -0.3 is 20.3 Å². The molecule has 1 amide bonds. The number of pyridine rings is 1. The number of hydrogen-bond donors (Lipinski definition) is 3. The lowest BCUT2D eigenvalue weighted by molar-refractivity contribution is 0.0873. The Bertz CT molecular complexity index is 982. The van der Waals surface area contributed by atoms with Crippen LogP contribution in [0.4, 0.5) is 0 Å². The van der Waals surface area contributed by atoms with Crippen LogP contribution in [0.25, 0.3) is 5.65 Å². The van der Waals surface area contributed by atoms with E-state index in [1.54, 1.807) is 47.9 Å². The molecule has 28 heavy (non-hydrogen) atoms. The summed E-state index contributed by atoms with van der Waals surface area (Å²) in [4.78, 5) is 17.0. The van der Waals surface area contributed by atoms with Crippen molar-refractivity contribution in [2.75, 3.05) is 13.2 Å². The van der Waals surface area contributed by atoms with E-state index in [1.807, 2.05) is 0 Å². The number of fused-ring (bicyclic) bond motifs is 1. The molecule has 0 bridgehead atoms. The van der Waals surface area contributed by atoms with Crippen LogP contribution in [0.2, 0.25) is 10.0 Å². The van der Waals surface area contributed by atoms with E-state index in [0.717, 1.165) is 0 Å². The molecule has 0 aliphatic carbocycles. The molecule has 1 aromatic carbocycles. The first-order valence-corrected chi connectivity index (χ1v) is 9.27. The van der Waals surface area contributed by atoms with Gasteiger partial charge in [0.2, 0.25) is 0 Å². The summed E-state index contributed by atoms with van der Waals surface area (Å²) in [5.41, 5.74) is 1.89. The molecule has 9 heteroatoms. The number of halogens is 2. The number of carbonyl (C=O) groups excluding carboxylic acids is 1. The minimum absolute atomic E-state index is 0.142. The van der Waals surface area contributed by atoms with Crippen molar-refractivity contribution in [2.24, 2.45) is 0 Å². The molecule has 0 spiro atoms. The second-order valence-electron chi connectivity index (χ2n) is 6.14. The number of benzene rings is 1. The van der Waals surface area contributed by atoms with Crippen molar-refractivity contribution in [3.05, 3.63) is 63.5 Å². The van der Waals surface area contributed by atoms with E-state index in [9.17, 15) is 15.0 Å². The van der Waals surface area contributed by atoms with Crippen molar-refractivity contribution in [3.63, 3.8) is 0 Å². The van der Waals surface area contributed by atoms with E-state index in [0.29, 0.717) is 38.4 Å². The van der Waals surface area contributed by atoms with Gasteiger partial charge in [-0.3, -0.25) is 9.20 Å². The highest BCUT2D eigenvalue weighted by Crippen LogP contribution is 2.28. The van der Waals surface area contributed by atoms with Gasteiger partial charge in [0.05, 0.1) is 24.9 Å². The summed E-state index contributed by atoms with van der Waals surface area (Å²) in [6.07, 6.45) is 1.69. The number of aliphatic hydroxyl groups is 2. The van der Waals surface area contributed by atoms with E-state index in [4.69, 9.17) is 27.9 Å². The molecule has 3 aromatic rings. The number of nitrogens with one attached hydrogen (secondary N) is 1. The van der Waals surface area contributed by atoms with Gasteiger partial charge in [-0.1, -0.05) is 29.3 Å². The van der Waals surface area contributed by atoms with Crippen LogP contribution in [0, 0.1) is 6.92 Å². The zero-order valence-corrected chi connectivity index (χ0v) is 16.5. The average molecular weight is 424 g/mol. The van der Waals surface area contributed by atoms with Crippen molar-refractivity contribution < 1.29 is 19.7 Å². The SMILES string of the molecule is Cc1nc2c(OCc3c(Cl)cccc3Cl)cccn2c1C(=O)NC(CO)CO. The highest BCUT2D eigenvalue weighted by atomic mass is 35.5. The Morgan fingerprint density at radius 1 is 1.21 bits per heavy atom. The molecule has 0 atom stereocenters. The number of imidazole rings is 1. The molecule has 0 unspecified atom stereocenters. The highest BCUT2D eigenvalue weighted by molar-refractivity contribution is 6.35. The summed E-state index contributed by atoms with van der Waals surface area (Å²) in [6, 6.07) is 7.92. The van der Waals surface area contributed by atoms with Gasteiger partial charge in [-0.2, -0.15) is 0 Å². The van der Waals surface area contributed by atoms with E-state index in [-0.39, 0.29) is 19.8 Å². The zero-order valence-electron chi connectivity index (χ0n) is 15.0. The molecule has 0 saturated heterocycles. The first kappa shape index (κ1) is 20.4. The average Bonchev–Trinajstić information content (AvgIpc) is 3.02. The molecule has 3 N–H and O–H groups in total. The predicted molar refractivity (Wildman–Crippen MR) is 106 cm³/mol. The third kappa shape index (κ3) is 4.07. The Hall–Kier alpha value is -2.32. The monoisotopic (exact) mass is 423 g/mol. The number of hydrogen-bond acceptors (Lipinski definition) is 5. The molecule has 0 fully saturated rings. The van der Waals surface area contributed by atoms with Gasteiger partial charge in [0, 0.05) is 21.8 Å². The number of aliphatic hydroxyl groups excluding tert-OH is 2. The lowest BCUT2D eigenvalue weighted by Crippen LogP contribution is -2.40. The third-order valence-corrected chi connectivity index (χ3v) is 4.92. The number of carbonyl (C=O) groups is 1. The maximum atomic E-state index is 12.6. The number of aryl methyl sites for hydroxylation is 1. The van der Waals surface area contributed by atoms with Gasteiger partial charge in [0.25, 0.3) is 5.91 Å². The Kier molecular flexibility index (Phi) is 6.41. The number of rotatable bonds is 7. The van der Waals surface area contributed by atoms with Crippen LogP contribution in [-0.2, 0) is 6.61 Å². The minimum atomic E-state index is -0.751. The summed E-state index contributed by atoms with van der Waals surface area (Å²) >= 11 is 12.4. The lowest BCUT2D eigenvalue weighted by Gasteiger charge is -2.14. The zero-order chi connectivity index (χ0) is 20.3. The van der Waals surface area contributed by atoms with Crippen molar-refractivity contribution >= 4 is 34.8 Å². The van der Waals surface area contributed by atoms with Gasteiger partial charge in [0.15, 0.2) is 11.4 Å². The molecule has 2 aromatic heterocycles. The van der Waals surface area contributed by atoms with Crippen LogP contribution < -0.4 is 10.1 Å². The van der Waals surface area contributed by atoms with E-state index in [1.165, 1.54) is 0 Å². The molecule has 2 heterocycles. The topological polar surface area (TPSA) is 96.1 Å². The van der Waals surface area contributed by atoms with Crippen molar-refractivity contribution in [2.45, 2.75) is 19.6 Å². The van der Waals surface area contributed by atoms with Crippen molar-refractivity contribution in [1.29, 1.82) is 0 Å². The summed E-state index contributed by atoms with van der Waals surface area (Å²) in [6.45, 7) is 1.10. The van der Waals surface area contributed by atoms with E-state index < -0.39 is 11.9 Å². The summed E-state index contributed by atoms with van der Waals surface area (Å²) in [5, 5.41) is 21.9. The van der Waals surface area contributed by atoms with Crippen LogP contribution >= 0.6 is 23.2 Å². The number of nitrogens with zero attached hydrogens (tertiary/aromatic N) is 2. The van der Waals surface area contributed by atoms with Gasteiger partial charge in [-0.15, -0.1) is 0 Å². The van der Waals surface area contributed by atoms with E-state index >= 15 is 0 Å². The first-order chi connectivity index (χ1) is 13.5. The molecule has 7 nitrogen and oxygen atoms in total. The molecular formula is C19H19Cl2N3O4. The van der Waals surface area contributed by atoms with Crippen LogP contribution in [0.15, 0.2) is 36.5 Å². The quantitative estimate of drug-likeness (QED) is 0.542. The highest BCUT2D eigenvalue weighted by Gasteiger charge is 2.21. The van der Waals surface area contributed by atoms with Crippen molar-refractivity contribution in [1.82, 2.24) is 14.7 Å². The molecule has 0 aliphatic heterocycles. The summed E-state index contributed by atoms with van der Waals surface area (Å²) in [5.74, 6) is 0.00546. The molecule has 0 saturated carbocycles. The second-order valence-corrected chi connectivity index (χ2v) is 6.95. The third-order valence-electron chi connectivity index (χ3n) is 4.21. The number of ether oxygens (including phenoxy) is 1. The Morgan fingerprint density at radius 3 is 2.54 bits per heavy atom. The second kappa shape index (κ2) is 8.79. The maximum Gasteiger partial charge on any atom is 0.270 e. The first-order valence-electron chi connectivity index (χ1n) is 8.52.